The number of amides is 2. The second kappa shape index (κ2) is 10.3. The number of hydrogen-bond acceptors (Lipinski definition) is 7. The summed E-state index contributed by atoms with van der Waals surface area (Å²) in [4.78, 5) is 44.0. The van der Waals surface area contributed by atoms with Crippen LogP contribution in [-0.2, 0) is 29.3 Å². The second-order valence-electron chi connectivity index (χ2n) is 5.02. The van der Waals surface area contributed by atoms with Gasteiger partial charge in [-0.15, -0.1) is 0 Å². The van der Waals surface area contributed by atoms with E-state index in [0.29, 0.717) is 0 Å². The Balaban J connectivity index is 0.00000576. The smallest absolute Gasteiger partial charge is 0.744 e. The van der Waals surface area contributed by atoms with Gasteiger partial charge in [0.2, 0.25) is 11.8 Å². The first-order valence-corrected chi connectivity index (χ1v) is 8.08. The van der Waals surface area contributed by atoms with E-state index < -0.39 is 51.2 Å². The van der Waals surface area contributed by atoms with Crippen molar-refractivity contribution in [2.75, 3.05) is 10.6 Å². The first kappa shape index (κ1) is 24.0. The molecule has 0 aliphatic carbocycles. The maximum Gasteiger partial charge on any atom is 1.00 e. The molecule has 0 saturated carbocycles. The van der Waals surface area contributed by atoms with E-state index in [1.54, 1.807) is 0 Å². The van der Waals surface area contributed by atoms with Crippen LogP contribution in [0.25, 0.3) is 0 Å². The number of carbonyl (C=O) groups excluding carboxylic acids is 4. The summed E-state index contributed by atoms with van der Waals surface area (Å²) in [7, 11) is -4.96. The molecule has 25 heavy (non-hydrogen) atoms. The summed E-state index contributed by atoms with van der Waals surface area (Å²) in [5.41, 5.74) is -0.332. The van der Waals surface area contributed by atoms with E-state index in [1.807, 2.05) is 0 Å². The zero-order valence-electron chi connectivity index (χ0n) is 13.9. The van der Waals surface area contributed by atoms with Gasteiger partial charge in [-0.1, -0.05) is 0 Å². The Morgan fingerprint density at radius 1 is 0.960 bits per heavy atom. The van der Waals surface area contributed by atoms with Crippen LogP contribution in [0.3, 0.4) is 0 Å². The third-order valence-electron chi connectivity index (χ3n) is 2.63. The molecule has 1 aromatic rings. The number of hydrogen-bond donors (Lipinski definition) is 2. The van der Waals surface area contributed by atoms with Crippen LogP contribution in [0.1, 0.15) is 26.7 Å². The van der Waals surface area contributed by atoms with Crippen molar-refractivity contribution >= 4 is 44.9 Å². The van der Waals surface area contributed by atoms with Crippen LogP contribution in [0.2, 0.25) is 0 Å². The molecule has 0 saturated heterocycles. The van der Waals surface area contributed by atoms with Gasteiger partial charge in [-0.2, -0.15) is 0 Å². The number of Topliss-reactive ketones (excluding diaryl/α,β-unsaturated/α-hetero) is 2. The monoisotopic (exact) mass is 394 g/mol. The minimum atomic E-state index is -4.96. The molecule has 9 nitrogen and oxygen atoms in total. The first-order valence-electron chi connectivity index (χ1n) is 6.67. The Kier molecular flexibility index (Phi) is 9.87. The van der Waals surface area contributed by atoms with Gasteiger partial charge < -0.3 is 15.2 Å². The molecular weight excluding hydrogens is 379 g/mol. The Morgan fingerprint density at radius 2 is 1.44 bits per heavy atom. The van der Waals surface area contributed by atoms with Crippen LogP contribution in [0.4, 0.5) is 11.4 Å². The first-order chi connectivity index (χ1) is 11.0. The molecule has 11 heteroatoms. The van der Waals surface area contributed by atoms with Gasteiger partial charge in [0, 0.05) is 5.69 Å². The van der Waals surface area contributed by atoms with Crippen molar-refractivity contribution in [2.45, 2.75) is 31.6 Å². The maximum absolute atomic E-state index is 11.6. The van der Waals surface area contributed by atoms with E-state index in [9.17, 15) is 32.1 Å². The summed E-state index contributed by atoms with van der Waals surface area (Å²) in [6, 6.07) is 3.21. The standard InChI is InChI=1S/C14H16N2O7S.K/c1-8(17)5-13(19)15-10-3-4-11(12(7-10)24(21,22)23)16-14(20)6-9(2)18;/h3-4,7H,5-6H2,1-2H3,(H,15,19)(H,16,20)(H,21,22,23);/q;+1/p-1. The summed E-state index contributed by atoms with van der Waals surface area (Å²) >= 11 is 0. The summed E-state index contributed by atoms with van der Waals surface area (Å²) < 4.78 is 34.0. The van der Waals surface area contributed by atoms with Crippen LogP contribution in [0.15, 0.2) is 23.1 Å². The third kappa shape index (κ3) is 8.81. The van der Waals surface area contributed by atoms with Crippen LogP contribution in [0, 0.1) is 0 Å². The number of anilines is 2. The van der Waals surface area contributed by atoms with E-state index in [0.717, 1.165) is 12.1 Å². The van der Waals surface area contributed by atoms with E-state index in [-0.39, 0.29) is 62.8 Å². The Hall–Kier alpha value is -0.954. The molecule has 0 heterocycles. The van der Waals surface area contributed by atoms with Crippen LogP contribution >= 0.6 is 0 Å². The molecule has 0 fully saturated rings. The average molecular weight is 394 g/mol. The largest absolute Gasteiger partial charge is 1.00 e. The van der Waals surface area contributed by atoms with Crippen molar-refractivity contribution in [2.24, 2.45) is 0 Å². The predicted octanol–water partition coefficient (Wildman–Crippen LogP) is -2.57. The van der Waals surface area contributed by atoms with Crippen molar-refractivity contribution in [1.82, 2.24) is 0 Å². The van der Waals surface area contributed by atoms with Gasteiger partial charge in [0.25, 0.3) is 0 Å². The molecule has 0 aromatic heterocycles. The molecule has 2 N–H and O–H groups in total. The molecule has 1 rings (SSSR count). The molecule has 0 radical (unpaired) electrons. The van der Waals surface area contributed by atoms with Crippen LogP contribution in [0.5, 0.6) is 0 Å². The normalized spacial score (nSPS) is 10.4. The van der Waals surface area contributed by atoms with Gasteiger partial charge in [0.15, 0.2) is 0 Å². The van der Waals surface area contributed by atoms with Gasteiger partial charge in [0.1, 0.15) is 21.7 Å². The molecule has 0 bridgehead atoms. The fraction of sp³-hybridized carbons (Fsp3) is 0.286. The van der Waals surface area contributed by atoms with Gasteiger partial charge in [0.05, 0.1) is 23.4 Å². The molecule has 0 atom stereocenters. The summed E-state index contributed by atoms with van der Waals surface area (Å²) in [5, 5.41) is 4.42. The SMILES string of the molecule is CC(=O)CC(=O)Nc1ccc(NC(=O)CC(C)=O)c(S(=O)(=O)[O-])c1.[K+]. The Morgan fingerprint density at radius 3 is 1.88 bits per heavy atom. The van der Waals surface area contributed by atoms with Crippen molar-refractivity contribution < 1.29 is 83.5 Å². The van der Waals surface area contributed by atoms with Gasteiger partial charge in [-0.25, -0.2) is 8.42 Å². The van der Waals surface area contributed by atoms with Crippen molar-refractivity contribution in [3.8, 4) is 0 Å². The molecule has 1 aromatic carbocycles. The van der Waals surface area contributed by atoms with E-state index >= 15 is 0 Å². The van der Waals surface area contributed by atoms with E-state index in [2.05, 4.69) is 10.6 Å². The van der Waals surface area contributed by atoms with Crippen molar-refractivity contribution in [3.05, 3.63) is 18.2 Å². The minimum Gasteiger partial charge on any atom is -0.744 e. The van der Waals surface area contributed by atoms with Crippen LogP contribution < -0.4 is 62.0 Å². The summed E-state index contributed by atoms with van der Waals surface area (Å²) in [5.74, 6) is -2.28. The molecule has 130 valence electrons. The van der Waals surface area contributed by atoms with Crippen molar-refractivity contribution in [1.29, 1.82) is 0 Å². The van der Waals surface area contributed by atoms with E-state index in [1.165, 1.54) is 19.9 Å². The Labute approximate surface area is 187 Å². The molecular formula is C14H15KN2O7S. The van der Waals surface area contributed by atoms with Crippen LogP contribution in [-0.4, -0.2) is 36.4 Å². The fourth-order valence-corrected chi connectivity index (χ4v) is 2.42. The van der Waals surface area contributed by atoms with Gasteiger partial charge in [-0.3, -0.25) is 19.2 Å². The van der Waals surface area contributed by atoms with Gasteiger partial charge >= 0.3 is 51.4 Å². The number of ketones is 2. The van der Waals surface area contributed by atoms with E-state index in [4.69, 9.17) is 0 Å². The molecule has 0 unspecified atom stereocenters. The summed E-state index contributed by atoms with van der Waals surface area (Å²) in [6.07, 6.45) is -0.883. The Bertz CT molecular complexity index is 805. The molecule has 0 spiro atoms. The zero-order chi connectivity index (χ0) is 18.5. The maximum atomic E-state index is 11.6. The molecule has 2 amide bonds. The minimum absolute atomic E-state index is 0. The zero-order valence-corrected chi connectivity index (χ0v) is 17.9. The predicted molar refractivity (Wildman–Crippen MR) is 82.3 cm³/mol. The topological polar surface area (TPSA) is 150 Å². The number of nitrogens with one attached hydrogen (secondary N) is 2. The third-order valence-corrected chi connectivity index (χ3v) is 3.50. The fourth-order valence-electron chi connectivity index (χ4n) is 1.76. The quantitative estimate of drug-likeness (QED) is 0.293. The summed E-state index contributed by atoms with van der Waals surface area (Å²) in [6.45, 7) is 2.39. The average Bonchev–Trinajstić information content (AvgIpc) is 2.37. The van der Waals surface area contributed by atoms with Crippen molar-refractivity contribution in [3.63, 3.8) is 0 Å². The van der Waals surface area contributed by atoms with Gasteiger partial charge in [-0.05, 0) is 32.0 Å². The number of carbonyl (C=O) groups is 4. The molecule has 0 aliphatic rings. The molecule has 0 aliphatic heterocycles. The number of rotatable bonds is 7. The second-order valence-corrected chi connectivity index (χ2v) is 6.37. The number of benzene rings is 1.